The molecule has 1 aromatic heterocycles. The van der Waals surface area contributed by atoms with Crippen LogP contribution in [-0.2, 0) is 22.1 Å². The summed E-state index contributed by atoms with van der Waals surface area (Å²) in [5, 5.41) is 0. The number of nitrogens with zero attached hydrogens (tertiary/aromatic N) is 3. The number of hydrogen-bond acceptors (Lipinski definition) is 4. The molecule has 2 aliphatic heterocycles. The molecule has 2 fully saturated rings. The second-order valence-electron chi connectivity index (χ2n) is 8.44. The van der Waals surface area contributed by atoms with E-state index in [0.717, 1.165) is 18.5 Å². The number of morpholine rings is 1. The Morgan fingerprint density at radius 2 is 1.91 bits per heavy atom. The third kappa shape index (κ3) is 4.63. The van der Waals surface area contributed by atoms with Crippen LogP contribution >= 0.6 is 0 Å². The zero-order valence-corrected chi connectivity index (χ0v) is 17.7. The minimum absolute atomic E-state index is 0.0477. The maximum atomic E-state index is 13.9. The molecule has 4 rings (SSSR count). The number of carbonyl (C=O) groups is 1. The van der Waals surface area contributed by atoms with Crippen LogP contribution in [0.4, 0.5) is 23.2 Å². The van der Waals surface area contributed by atoms with Crippen LogP contribution in [0.15, 0.2) is 42.7 Å². The number of ether oxygens (including phenoxy) is 1. The van der Waals surface area contributed by atoms with Crippen LogP contribution in [0.5, 0.6) is 0 Å². The van der Waals surface area contributed by atoms with E-state index in [-0.39, 0.29) is 18.0 Å². The molecule has 0 N–H and O–H groups in total. The number of rotatable bonds is 4. The minimum Gasteiger partial charge on any atom is -0.360 e. The summed E-state index contributed by atoms with van der Waals surface area (Å²) in [6.07, 6.45) is -1.56. The van der Waals surface area contributed by atoms with Gasteiger partial charge in [-0.05, 0) is 43.9 Å². The summed E-state index contributed by atoms with van der Waals surface area (Å²) < 4.78 is 60.5. The lowest BCUT2D eigenvalue weighted by atomic mass is 9.88. The Morgan fingerprint density at radius 1 is 1.19 bits per heavy atom. The number of hydrogen-bond donors (Lipinski definition) is 0. The second kappa shape index (κ2) is 8.78. The number of piperidine rings is 1. The van der Waals surface area contributed by atoms with Crippen molar-refractivity contribution in [2.45, 2.75) is 44.1 Å². The van der Waals surface area contributed by atoms with E-state index in [1.807, 2.05) is 0 Å². The lowest BCUT2D eigenvalue weighted by Gasteiger charge is -2.49. The first-order valence-corrected chi connectivity index (χ1v) is 10.6. The van der Waals surface area contributed by atoms with Crippen molar-refractivity contribution in [1.82, 2.24) is 9.88 Å². The van der Waals surface area contributed by atoms with Gasteiger partial charge in [-0.25, -0.2) is 4.39 Å². The average molecular weight is 451 g/mol. The van der Waals surface area contributed by atoms with Crippen molar-refractivity contribution in [3.63, 3.8) is 0 Å². The van der Waals surface area contributed by atoms with Crippen LogP contribution in [0.3, 0.4) is 0 Å². The van der Waals surface area contributed by atoms with Crippen molar-refractivity contribution in [2.75, 3.05) is 31.1 Å². The standard InChI is InChI=1S/C23H25F4N3O2/c1-16-21(31)30(20-14-28-10-6-18(20)23(25,26)27)15-22(32-16)8-12-29(13-9-22)11-7-17-4-2-3-5-19(17)24/h2-6,10,14,16H,7-9,11-13,15H2,1H3/t16-/m1/s1. The number of anilines is 1. The number of aromatic nitrogens is 1. The van der Waals surface area contributed by atoms with Crippen molar-refractivity contribution in [3.05, 3.63) is 59.7 Å². The molecule has 0 aliphatic carbocycles. The van der Waals surface area contributed by atoms with Crippen LogP contribution in [0.1, 0.15) is 30.9 Å². The molecule has 1 aromatic carbocycles. The molecule has 2 aromatic rings. The van der Waals surface area contributed by atoms with Crippen LogP contribution in [0.25, 0.3) is 0 Å². The predicted molar refractivity (Wildman–Crippen MR) is 111 cm³/mol. The molecule has 0 saturated carbocycles. The van der Waals surface area contributed by atoms with Gasteiger partial charge in [0.1, 0.15) is 11.9 Å². The minimum atomic E-state index is -4.59. The van der Waals surface area contributed by atoms with Gasteiger partial charge in [-0.2, -0.15) is 13.2 Å². The molecule has 32 heavy (non-hydrogen) atoms. The summed E-state index contributed by atoms with van der Waals surface area (Å²) in [4.78, 5) is 19.9. The molecule has 1 amide bonds. The van der Waals surface area contributed by atoms with Gasteiger partial charge in [0.05, 0.1) is 29.6 Å². The number of alkyl halides is 3. The quantitative estimate of drug-likeness (QED) is 0.658. The SMILES string of the molecule is C[C@H]1OC2(CCN(CCc3ccccc3F)CC2)CN(c2cnccc2C(F)(F)F)C1=O. The highest BCUT2D eigenvalue weighted by molar-refractivity contribution is 5.97. The molecule has 0 unspecified atom stereocenters. The van der Waals surface area contributed by atoms with Gasteiger partial charge in [-0.15, -0.1) is 0 Å². The Labute approximate surface area is 184 Å². The van der Waals surface area contributed by atoms with Gasteiger partial charge < -0.3 is 14.5 Å². The molecule has 2 aliphatic rings. The van der Waals surface area contributed by atoms with E-state index in [9.17, 15) is 22.4 Å². The van der Waals surface area contributed by atoms with Gasteiger partial charge in [0, 0.05) is 25.8 Å². The number of amides is 1. The van der Waals surface area contributed by atoms with E-state index in [2.05, 4.69) is 9.88 Å². The summed E-state index contributed by atoms with van der Waals surface area (Å²) >= 11 is 0. The van der Waals surface area contributed by atoms with E-state index < -0.39 is 29.4 Å². The van der Waals surface area contributed by atoms with Crippen LogP contribution in [0, 0.1) is 5.82 Å². The molecule has 1 spiro atoms. The van der Waals surface area contributed by atoms with Crippen LogP contribution in [0.2, 0.25) is 0 Å². The van der Waals surface area contributed by atoms with Gasteiger partial charge in [0.25, 0.3) is 5.91 Å². The molecule has 3 heterocycles. The molecule has 1 atom stereocenters. The fraction of sp³-hybridized carbons (Fsp3) is 0.478. The number of benzene rings is 1. The summed E-state index contributed by atoms with van der Waals surface area (Å²) in [5.41, 5.74) is -1.18. The van der Waals surface area contributed by atoms with E-state index >= 15 is 0 Å². The topological polar surface area (TPSA) is 45.7 Å². The van der Waals surface area contributed by atoms with Gasteiger partial charge in [-0.3, -0.25) is 9.78 Å². The highest BCUT2D eigenvalue weighted by Gasteiger charge is 2.47. The van der Waals surface area contributed by atoms with E-state index in [1.165, 1.54) is 11.0 Å². The molecule has 5 nitrogen and oxygen atoms in total. The monoisotopic (exact) mass is 451 g/mol. The fourth-order valence-corrected chi connectivity index (χ4v) is 4.53. The molecule has 0 bridgehead atoms. The largest absolute Gasteiger partial charge is 0.418 e. The van der Waals surface area contributed by atoms with Crippen molar-refractivity contribution in [2.24, 2.45) is 0 Å². The molecular weight excluding hydrogens is 426 g/mol. The number of halogens is 4. The van der Waals surface area contributed by atoms with Gasteiger partial charge in [-0.1, -0.05) is 18.2 Å². The number of carbonyl (C=O) groups excluding carboxylic acids is 1. The van der Waals surface area contributed by atoms with Gasteiger partial charge >= 0.3 is 6.18 Å². The first-order valence-electron chi connectivity index (χ1n) is 10.6. The summed E-state index contributed by atoms with van der Waals surface area (Å²) in [7, 11) is 0. The second-order valence-corrected chi connectivity index (χ2v) is 8.44. The summed E-state index contributed by atoms with van der Waals surface area (Å²) in [5.74, 6) is -0.729. The van der Waals surface area contributed by atoms with Crippen LogP contribution < -0.4 is 4.90 Å². The Kier molecular flexibility index (Phi) is 6.22. The van der Waals surface area contributed by atoms with E-state index in [1.54, 1.807) is 25.1 Å². The zero-order valence-electron chi connectivity index (χ0n) is 17.7. The third-order valence-corrected chi connectivity index (χ3v) is 6.31. The molecule has 2 saturated heterocycles. The van der Waals surface area contributed by atoms with Gasteiger partial charge in [0.15, 0.2) is 0 Å². The Morgan fingerprint density at radius 3 is 2.59 bits per heavy atom. The molecule has 172 valence electrons. The zero-order chi connectivity index (χ0) is 22.9. The Bertz CT molecular complexity index is 974. The van der Waals surface area contributed by atoms with Crippen molar-refractivity contribution in [3.8, 4) is 0 Å². The van der Waals surface area contributed by atoms with Crippen molar-refractivity contribution in [1.29, 1.82) is 0 Å². The fourth-order valence-electron chi connectivity index (χ4n) is 4.53. The Hall–Kier alpha value is -2.52. The highest BCUT2D eigenvalue weighted by atomic mass is 19.4. The Balaban J connectivity index is 1.46. The summed E-state index contributed by atoms with van der Waals surface area (Å²) in [6.45, 7) is 3.61. The first kappa shape index (κ1) is 22.7. The lowest BCUT2D eigenvalue weighted by molar-refractivity contribution is -0.162. The molecule has 9 heteroatoms. The van der Waals surface area contributed by atoms with Crippen LogP contribution in [-0.4, -0.2) is 53.7 Å². The molecule has 0 radical (unpaired) electrons. The lowest BCUT2D eigenvalue weighted by Crippen LogP contribution is -2.62. The van der Waals surface area contributed by atoms with E-state index in [4.69, 9.17) is 4.74 Å². The highest BCUT2D eigenvalue weighted by Crippen LogP contribution is 2.40. The van der Waals surface area contributed by atoms with E-state index in [0.29, 0.717) is 44.5 Å². The normalized spacial score (nSPS) is 21.8. The predicted octanol–water partition coefficient (Wildman–Crippen LogP) is 4.07. The van der Waals surface area contributed by atoms with Gasteiger partial charge in [0.2, 0.25) is 0 Å². The number of pyridine rings is 1. The maximum absolute atomic E-state index is 13.9. The first-order chi connectivity index (χ1) is 15.2. The average Bonchev–Trinajstić information content (AvgIpc) is 2.76. The summed E-state index contributed by atoms with van der Waals surface area (Å²) in [6, 6.07) is 7.56. The smallest absolute Gasteiger partial charge is 0.360 e. The number of likely N-dealkylation sites (tertiary alicyclic amines) is 1. The maximum Gasteiger partial charge on any atom is 0.418 e. The van der Waals surface area contributed by atoms with Crippen molar-refractivity contribution < 1.29 is 27.1 Å². The van der Waals surface area contributed by atoms with Crippen molar-refractivity contribution >= 4 is 11.6 Å². The molecular formula is C23H25F4N3O2. The third-order valence-electron chi connectivity index (χ3n) is 6.31.